The fourth-order valence-electron chi connectivity index (χ4n) is 2.83. The highest BCUT2D eigenvalue weighted by atomic mass is 79.9. The largest absolute Gasteiger partial charge is 0.493 e. The van der Waals surface area contributed by atoms with Crippen LogP contribution in [0.25, 0.3) is 0 Å². The number of carbonyl (C=O) groups excluding carboxylic acids is 2. The zero-order valence-electron chi connectivity index (χ0n) is 18.2. The Morgan fingerprint density at radius 3 is 2.66 bits per heavy atom. The van der Waals surface area contributed by atoms with Gasteiger partial charge in [0.15, 0.2) is 18.1 Å². The molecule has 2 amide bonds. The average Bonchev–Trinajstić information content (AvgIpc) is 2.84. The van der Waals surface area contributed by atoms with Crippen LogP contribution >= 0.6 is 27.5 Å². The number of methoxy groups -OCH3 is 1. The molecule has 0 heterocycles. The smallest absolute Gasteiger partial charge is 0.271 e. The van der Waals surface area contributed by atoms with Gasteiger partial charge in [0.25, 0.3) is 17.5 Å². The second-order valence-electron chi connectivity index (χ2n) is 6.86. The van der Waals surface area contributed by atoms with E-state index in [2.05, 4.69) is 31.8 Å². The maximum atomic E-state index is 12.2. The zero-order valence-corrected chi connectivity index (χ0v) is 20.5. The minimum Gasteiger partial charge on any atom is -0.493 e. The van der Waals surface area contributed by atoms with E-state index >= 15 is 0 Å². The van der Waals surface area contributed by atoms with Crippen LogP contribution in [0.4, 0.5) is 11.4 Å². The maximum Gasteiger partial charge on any atom is 0.271 e. The number of nitrogens with one attached hydrogen (secondary N) is 2. The molecule has 0 aliphatic rings. The van der Waals surface area contributed by atoms with Crippen LogP contribution in [0.1, 0.15) is 15.9 Å². The van der Waals surface area contributed by atoms with Gasteiger partial charge in [-0.25, -0.2) is 5.43 Å². The van der Waals surface area contributed by atoms with Gasteiger partial charge < -0.3 is 14.8 Å². The predicted molar refractivity (Wildman–Crippen MR) is 134 cm³/mol. The maximum absolute atomic E-state index is 12.2. The van der Waals surface area contributed by atoms with Crippen LogP contribution < -0.4 is 20.2 Å². The first-order chi connectivity index (χ1) is 16.8. The molecule has 0 saturated heterocycles. The number of nitro groups is 1. The lowest BCUT2D eigenvalue weighted by molar-refractivity contribution is -0.384. The van der Waals surface area contributed by atoms with Crippen molar-refractivity contribution in [1.29, 1.82) is 0 Å². The van der Waals surface area contributed by atoms with Crippen molar-refractivity contribution >= 4 is 56.9 Å². The van der Waals surface area contributed by atoms with Crippen molar-refractivity contribution in [2.75, 3.05) is 19.0 Å². The summed E-state index contributed by atoms with van der Waals surface area (Å²) in [4.78, 5) is 34.7. The highest BCUT2D eigenvalue weighted by Crippen LogP contribution is 2.36. The number of anilines is 1. The van der Waals surface area contributed by atoms with Gasteiger partial charge >= 0.3 is 0 Å². The van der Waals surface area contributed by atoms with Gasteiger partial charge in [-0.2, -0.15) is 5.10 Å². The number of benzene rings is 3. The number of carbonyl (C=O) groups is 2. The summed E-state index contributed by atoms with van der Waals surface area (Å²) in [6.07, 6.45) is 1.36. The summed E-state index contributed by atoms with van der Waals surface area (Å²) in [6.45, 7) is -0.299. The molecule has 0 atom stereocenters. The van der Waals surface area contributed by atoms with Crippen LogP contribution in [0.15, 0.2) is 70.2 Å². The molecule has 0 spiro atoms. The van der Waals surface area contributed by atoms with Crippen molar-refractivity contribution in [3.8, 4) is 11.5 Å². The number of halogens is 2. The summed E-state index contributed by atoms with van der Waals surface area (Å²) in [7, 11) is 1.43. The first kappa shape index (κ1) is 25.7. The molecule has 0 aromatic heterocycles. The first-order valence-electron chi connectivity index (χ1n) is 9.91. The van der Waals surface area contributed by atoms with Crippen molar-refractivity contribution in [1.82, 2.24) is 5.43 Å². The number of ether oxygens (including phenoxy) is 2. The van der Waals surface area contributed by atoms with Crippen molar-refractivity contribution in [3.63, 3.8) is 0 Å². The van der Waals surface area contributed by atoms with Gasteiger partial charge in [0.05, 0.1) is 33.4 Å². The summed E-state index contributed by atoms with van der Waals surface area (Å²) >= 11 is 9.42. The minimum atomic E-state index is -0.611. The molecule has 35 heavy (non-hydrogen) atoms. The normalized spacial score (nSPS) is 10.6. The third kappa shape index (κ3) is 7.01. The Morgan fingerprint density at radius 1 is 1.17 bits per heavy atom. The molecule has 3 aromatic rings. The van der Waals surface area contributed by atoms with Gasteiger partial charge in [-0.15, -0.1) is 0 Å². The van der Waals surface area contributed by atoms with E-state index in [-0.39, 0.29) is 17.9 Å². The summed E-state index contributed by atoms with van der Waals surface area (Å²) in [5.41, 5.74) is 3.21. The van der Waals surface area contributed by atoms with Gasteiger partial charge in [-0.3, -0.25) is 19.7 Å². The molecule has 0 aliphatic heterocycles. The van der Waals surface area contributed by atoms with E-state index in [0.29, 0.717) is 32.2 Å². The molecule has 12 heteroatoms. The lowest BCUT2D eigenvalue weighted by Crippen LogP contribution is -2.20. The van der Waals surface area contributed by atoms with Gasteiger partial charge in [-0.05, 0) is 51.8 Å². The van der Waals surface area contributed by atoms with E-state index < -0.39 is 16.7 Å². The molecule has 0 unspecified atom stereocenters. The number of hydrogen-bond donors (Lipinski definition) is 2. The van der Waals surface area contributed by atoms with Crippen molar-refractivity contribution in [2.24, 2.45) is 5.10 Å². The first-order valence-corrected chi connectivity index (χ1v) is 11.1. The molecule has 0 radical (unpaired) electrons. The van der Waals surface area contributed by atoms with E-state index in [1.54, 1.807) is 36.4 Å². The molecule has 3 rings (SSSR count). The van der Waals surface area contributed by atoms with Crippen LogP contribution in [0, 0.1) is 10.1 Å². The topological polar surface area (TPSA) is 132 Å². The Balaban J connectivity index is 1.64. The number of para-hydroxylation sites is 1. The molecule has 180 valence electrons. The molecule has 0 saturated carbocycles. The van der Waals surface area contributed by atoms with Crippen LogP contribution in [0.5, 0.6) is 11.5 Å². The number of hydrogen-bond acceptors (Lipinski definition) is 7. The van der Waals surface area contributed by atoms with Crippen molar-refractivity contribution < 1.29 is 24.0 Å². The molecular weight excluding hydrogens is 544 g/mol. The Morgan fingerprint density at radius 2 is 1.94 bits per heavy atom. The quantitative estimate of drug-likeness (QED) is 0.219. The number of nitrogens with zero attached hydrogens (tertiary/aromatic N) is 2. The summed E-state index contributed by atoms with van der Waals surface area (Å²) in [6, 6.07) is 15.3. The lowest BCUT2D eigenvalue weighted by atomic mass is 10.2. The third-order valence-electron chi connectivity index (χ3n) is 4.45. The average molecular weight is 562 g/mol. The number of amides is 2. The number of rotatable bonds is 9. The molecule has 0 aliphatic carbocycles. The van der Waals surface area contributed by atoms with Gasteiger partial charge in [-0.1, -0.05) is 29.8 Å². The number of hydrazone groups is 1. The number of non-ortho nitro benzene ring substituents is 1. The van der Waals surface area contributed by atoms with Crippen LogP contribution in [0.2, 0.25) is 5.02 Å². The lowest BCUT2D eigenvalue weighted by Gasteiger charge is -2.14. The fourth-order valence-corrected chi connectivity index (χ4v) is 3.59. The fraction of sp³-hybridized carbons (Fsp3) is 0.0870. The summed E-state index contributed by atoms with van der Waals surface area (Å²) in [5, 5.41) is 17.8. The summed E-state index contributed by atoms with van der Waals surface area (Å²) in [5.74, 6) is -0.419. The summed E-state index contributed by atoms with van der Waals surface area (Å²) < 4.78 is 11.5. The van der Waals surface area contributed by atoms with E-state index in [1.165, 1.54) is 31.5 Å². The molecular formula is C23H18BrClN4O6. The number of nitro benzene ring substituents is 1. The third-order valence-corrected chi connectivity index (χ3v) is 5.36. The van der Waals surface area contributed by atoms with Crippen LogP contribution in [-0.2, 0) is 4.79 Å². The van der Waals surface area contributed by atoms with E-state index in [1.807, 2.05) is 0 Å². The standard InChI is InChI=1S/C23H18BrClN4O6/c1-34-20-10-14(12-26-28-23(31)15-5-4-6-16(11-15)29(32)33)9-17(24)22(20)35-13-21(30)27-19-8-3-2-7-18(19)25/h2-12H,13H2,1H3,(H,27,30)(H,28,31)/b26-12+. The van der Waals surface area contributed by atoms with E-state index in [9.17, 15) is 19.7 Å². The highest BCUT2D eigenvalue weighted by Gasteiger charge is 2.14. The minimum absolute atomic E-state index is 0.0916. The molecule has 0 bridgehead atoms. The van der Waals surface area contributed by atoms with Crippen molar-refractivity contribution in [3.05, 3.63) is 91.4 Å². The SMILES string of the molecule is COc1cc(/C=N/NC(=O)c2cccc([N+](=O)[O-])c2)cc(Br)c1OCC(=O)Nc1ccccc1Cl. The Hall–Kier alpha value is -3.96. The van der Waals surface area contributed by atoms with Gasteiger partial charge in [0.2, 0.25) is 0 Å². The predicted octanol–water partition coefficient (Wildman–Crippen LogP) is 4.80. The second kappa shape index (κ2) is 12.0. The van der Waals surface area contributed by atoms with E-state index in [4.69, 9.17) is 21.1 Å². The molecule has 0 fully saturated rings. The highest BCUT2D eigenvalue weighted by molar-refractivity contribution is 9.10. The second-order valence-corrected chi connectivity index (χ2v) is 8.12. The van der Waals surface area contributed by atoms with Crippen LogP contribution in [-0.4, -0.2) is 36.7 Å². The van der Waals surface area contributed by atoms with E-state index in [0.717, 1.165) is 6.07 Å². The Bertz CT molecular complexity index is 1300. The molecule has 10 nitrogen and oxygen atoms in total. The zero-order chi connectivity index (χ0) is 25.4. The van der Waals surface area contributed by atoms with Gasteiger partial charge in [0.1, 0.15) is 0 Å². The molecule has 3 aromatic carbocycles. The Labute approximate surface area is 213 Å². The van der Waals surface area contributed by atoms with Gasteiger partial charge in [0, 0.05) is 17.7 Å². The van der Waals surface area contributed by atoms with Crippen LogP contribution in [0.3, 0.4) is 0 Å². The Kier molecular flexibility index (Phi) is 8.76. The monoisotopic (exact) mass is 560 g/mol. The molecule has 2 N–H and O–H groups in total. The van der Waals surface area contributed by atoms with Crippen molar-refractivity contribution in [2.45, 2.75) is 0 Å².